The Balaban J connectivity index is 2.11. The van der Waals surface area contributed by atoms with Gasteiger partial charge in [0, 0.05) is 6.07 Å². The molecule has 2 nitrogen and oxygen atoms in total. The van der Waals surface area contributed by atoms with E-state index in [1.165, 1.54) is 25.7 Å². The number of ether oxygens (including phenoxy) is 2. The monoisotopic (exact) mass is 270 g/mol. The molecule has 1 fully saturated rings. The fourth-order valence-electron chi connectivity index (χ4n) is 1.89. The Bertz CT molecular complexity index is 332. The lowest BCUT2D eigenvalue weighted by Crippen LogP contribution is -2.11. The predicted octanol–water partition coefficient (Wildman–Crippen LogP) is 3.78. The van der Waals surface area contributed by atoms with Crippen LogP contribution in [0.1, 0.15) is 25.7 Å². The molecule has 15 heavy (non-hydrogen) atoms. The molecule has 82 valence electrons. The average Bonchev–Trinajstić information content (AvgIpc) is 2.74. The first-order valence-electron chi connectivity index (χ1n) is 5.30. The van der Waals surface area contributed by atoms with Crippen LogP contribution in [0.15, 0.2) is 22.7 Å². The van der Waals surface area contributed by atoms with E-state index < -0.39 is 0 Å². The van der Waals surface area contributed by atoms with Gasteiger partial charge in [0.05, 0.1) is 17.7 Å². The highest BCUT2D eigenvalue weighted by Crippen LogP contribution is 2.32. The number of hydrogen-bond donors (Lipinski definition) is 0. The number of benzene rings is 1. The van der Waals surface area contributed by atoms with Gasteiger partial charge >= 0.3 is 0 Å². The van der Waals surface area contributed by atoms with Crippen molar-refractivity contribution in [3.8, 4) is 11.5 Å². The zero-order valence-corrected chi connectivity index (χ0v) is 10.4. The largest absolute Gasteiger partial charge is 0.497 e. The van der Waals surface area contributed by atoms with E-state index in [1.807, 2.05) is 18.2 Å². The van der Waals surface area contributed by atoms with E-state index in [9.17, 15) is 0 Å². The number of rotatable bonds is 3. The van der Waals surface area contributed by atoms with Crippen LogP contribution in [-0.2, 0) is 0 Å². The summed E-state index contributed by atoms with van der Waals surface area (Å²) in [6.45, 7) is 0. The van der Waals surface area contributed by atoms with Crippen molar-refractivity contribution in [2.45, 2.75) is 31.8 Å². The van der Waals surface area contributed by atoms with Gasteiger partial charge in [0.1, 0.15) is 11.5 Å². The molecular formula is C12H15BrO2. The van der Waals surface area contributed by atoms with Crippen LogP contribution in [0.5, 0.6) is 11.5 Å². The first kappa shape index (κ1) is 10.8. The Hall–Kier alpha value is -0.700. The topological polar surface area (TPSA) is 18.5 Å². The molecule has 1 saturated carbocycles. The molecule has 2 rings (SSSR count). The highest BCUT2D eigenvalue weighted by atomic mass is 79.9. The molecule has 1 aromatic rings. The Morgan fingerprint density at radius 2 is 2.00 bits per heavy atom. The van der Waals surface area contributed by atoms with Crippen molar-refractivity contribution in [3.05, 3.63) is 22.7 Å². The van der Waals surface area contributed by atoms with Crippen molar-refractivity contribution in [2.24, 2.45) is 0 Å². The smallest absolute Gasteiger partial charge is 0.137 e. The summed E-state index contributed by atoms with van der Waals surface area (Å²) in [4.78, 5) is 0. The van der Waals surface area contributed by atoms with E-state index in [4.69, 9.17) is 9.47 Å². The fourth-order valence-corrected chi connectivity index (χ4v) is 2.23. The molecule has 0 spiro atoms. The standard InChI is InChI=1S/C12H15BrO2/c1-14-10-6-7-11(13)12(8-10)15-9-4-2-3-5-9/h6-9H,2-5H2,1H3. The first-order valence-corrected chi connectivity index (χ1v) is 6.09. The maximum absolute atomic E-state index is 5.92. The van der Waals surface area contributed by atoms with E-state index in [-0.39, 0.29) is 0 Å². The van der Waals surface area contributed by atoms with Crippen LogP contribution >= 0.6 is 15.9 Å². The summed E-state index contributed by atoms with van der Waals surface area (Å²) in [5.74, 6) is 1.73. The van der Waals surface area contributed by atoms with Crippen molar-refractivity contribution in [2.75, 3.05) is 7.11 Å². The van der Waals surface area contributed by atoms with Gasteiger partial charge in [0.15, 0.2) is 0 Å². The van der Waals surface area contributed by atoms with Crippen LogP contribution < -0.4 is 9.47 Å². The maximum Gasteiger partial charge on any atom is 0.137 e. The van der Waals surface area contributed by atoms with Crippen LogP contribution in [0.25, 0.3) is 0 Å². The van der Waals surface area contributed by atoms with Gasteiger partial charge in [-0.1, -0.05) is 0 Å². The van der Waals surface area contributed by atoms with Crippen LogP contribution in [0.2, 0.25) is 0 Å². The maximum atomic E-state index is 5.92. The molecule has 0 bridgehead atoms. The third-order valence-corrected chi connectivity index (χ3v) is 3.39. The average molecular weight is 271 g/mol. The number of methoxy groups -OCH3 is 1. The molecule has 1 aliphatic rings. The zero-order valence-electron chi connectivity index (χ0n) is 8.83. The van der Waals surface area contributed by atoms with Crippen LogP contribution in [0.3, 0.4) is 0 Å². The summed E-state index contributed by atoms with van der Waals surface area (Å²) in [5, 5.41) is 0. The lowest BCUT2D eigenvalue weighted by atomic mass is 10.3. The molecule has 0 heterocycles. The molecule has 0 saturated heterocycles. The van der Waals surface area contributed by atoms with Gasteiger partial charge in [0.2, 0.25) is 0 Å². The second-order valence-electron chi connectivity index (χ2n) is 3.82. The van der Waals surface area contributed by atoms with Gasteiger partial charge in [-0.25, -0.2) is 0 Å². The molecule has 0 aromatic heterocycles. The minimum Gasteiger partial charge on any atom is -0.497 e. The molecule has 1 aliphatic carbocycles. The predicted molar refractivity (Wildman–Crippen MR) is 63.6 cm³/mol. The third-order valence-electron chi connectivity index (χ3n) is 2.73. The SMILES string of the molecule is COc1ccc(Br)c(OC2CCCC2)c1. The quantitative estimate of drug-likeness (QED) is 0.833. The highest BCUT2D eigenvalue weighted by molar-refractivity contribution is 9.10. The molecule has 0 radical (unpaired) electrons. The lowest BCUT2D eigenvalue weighted by molar-refractivity contribution is 0.208. The van der Waals surface area contributed by atoms with Crippen molar-refractivity contribution in [1.82, 2.24) is 0 Å². The first-order chi connectivity index (χ1) is 7.29. The Morgan fingerprint density at radius 1 is 1.27 bits per heavy atom. The van der Waals surface area contributed by atoms with Crippen molar-refractivity contribution in [1.29, 1.82) is 0 Å². The van der Waals surface area contributed by atoms with Crippen LogP contribution in [0.4, 0.5) is 0 Å². The van der Waals surface area contributed by atoms with Crippen molar-refractivity contribution < 1.29 is 9.47 Å². The van der Waals surface area contributed by atoms with Gasteiger partial charge in [-0.2, -0.15) is 0 Å². The van der Waals surface area contributed by atoms with Gasteiger partial charge in [-0.05, 0) is 53.7 Å². The summed E-state index contributed by atoms with van der Waals surface area (Å²) in [6, 6.07) is 5.82. The molecule has 0 aliphatic heterocycles. The van der Waals surface area contributed by atoms with E-state index >= 15 is 0 Å². The van der Waals surface area contributed by atoms with E-state index in [0.29, 0.717) is 6.10 Å². The molecule has 3 heteroatoms. The van der Waals surface area contributed by atoms with E-state index in [1.54, 1.807) is 7.11 Å². The van der Waals surface area contributed by atoms with Crippen molar-refractivity contribution >= 4 is 15.9 Å². The Morgan fingerprint density at radius 3 is 2.67 bits per heavy atom. The van der Waals surface area contributed by atoms with Gasteiger partial charge in [-0.15, -0.1) is 0 Å². The summed E-state index contributed by atoms with van der Waals surface area (Å²) in [7, 11) is 1.67. The molecule has 0 amide bonds. The summed E-state index contributed by atoms with van der Waals surface area (Å²) >= 11 is 3.49. The second-order valence-corrected chi connectivity index (χ2v) is 4.68. The normalized spacial score (nSPS) is 16.7. The second kappa shape index (κ2) is 4.88. The van der Waals surface area contributed by atoms with E-state index in [2.05, 4.69) is 15.9 Å². The van der Waals surface area contributed by atoms with Crippen LogP contribution in [-0.4, -0.2) is 13.2 Å². The summed E-state index contributed by atoms with van der Waals surface area (Å²) in [5.41, 5.74) is 0. The van der Waals surface area contributed by atoms with Gasteiger partial charge in [0.25, 0.3) is 0 Å². The van der Waals surface area contributed by atoms with Crippen molar-refractivity contribution in [3.63, 3.8) is 0 Å². The molecule has 1 aromatic carbocycles. The zero-order chi connectivity index (χ0) is 10.7. The highest BCUT2D eigenvalue weighted by Gasteiger charge is 2.17. The summed E-state index contributed by atoms with van der Waals surface area (Å²) in [6.07, 6.45) is 5.29. The molecular weight excluding hydrogens is 256 g/mol. The lowest BCUT2D eigenvalue weighted by Gasteiger charge is -2.15. The molecule has 0 atom stereocenters. The molecule has 0 N–H and O–H groups in total. The molecule has 0 unspecified atom stereocenters. The fraction of sp³-hybridized carbons (Fsp3) is 0.500. The van der Waals surface area contributed by atoms with E-state index in [0.717, 1.165) is 16.0 Å². The number of hydrogen-bond acceptors (Lipinski definition) is 2. The minimum atomic E-state index is 0.383. The Labute approximate surface area is 98.7 Å². The Kier molecular flexibility index (Phi) is 3.52. The third kappa shape index (κ3) is 2.65. The summed E-state index contributed by atoms with van der Waals surface area (Å²) < 4.78 is 12.1. The van der Waals surface area contributed by atoms with Gasteiger partial charge in [-0.3, -0.25) is 0 Å². The number of halogens is 1. The van der Waals surface area contributed by atoms with Crippen LogP contribution in [0, 0.1) is 0 Å². The minimum absolute atomic E-state index is 0.383. The van der Waals surface area contributed by atoms with Gasteiger partial charge < -0.3 is 9.47 Å².